The van der Waals surface area contributed by atoms with Crippen LogP contribution in [0.15, 0.2) is 35.6 Å². The third-order valence-electron chi connectivity index (χ3n) is 2.61. The molecular weight excluding hydrogens is 278 g/mol. The van der Waals surface area contributed by atoms with Crippen molar-refractivity contribution < 1.29 is 8.42 Å². The van der Waals surface area contributed by atoms with Gasteiger partial charge in [0, 0.05) is 25.5 Å². The minimum atomic E-state index is -3.63. The highest BCUT2D eigenvalue weighted by molar-refractivity contribution is 7.92. The second kappa shape index (κ2) is 5.91. The summed E-state index contributed by atoms with van der Waals surface area (Å²) in [5, 5.41) is 7.02. The van der Waals surface area contributed by atoms with Crippen molar-refractivity contribution in [1.82, 2.24) is 14.8 Å². The molecule has 8 heteroatoms. The number of aromatic nitrogens is 3. The Balaban J connectivity index is 2.17. The molecule has 0 fully saturated rings. The SMILES string of the molecule is CCNc1ccc(S(=O)(=O)Nc2cnn(CC)c2)cn1. The van der Waals surface area contributed by atoms with E-state index in [2.05, 4.69) is 20.1 Å². The molecule has 20 heavy (non-hydrogen) atoms. The Morgan fingerprint density at radius 1 is 1.25 bits per heavy atom. The molecule has 0 saturated carbocycles. The van der Waals surface area contributed by atoms with Crippen molar-refractivity contribution in [3.63, 3.8) is 0 Å². The molecule has 2 aromatic heterocycles. The van der Waals surface area contributed by atoms with E-state index in [9.17, 15) is 8.42 Å². The molecule has 108 valence electrons. The lowest BCUT2D eigenvalue weighted by molar-refractivity contribution is 0.601. The highest BCUT2D eigenvalue weighted by atomic mass is 32.2. The molecule has 2 rings (SSSR count). The Morgan fingerprint density at radius 2 is 2.05 bits per heavy atom. The summed E-state index contributed by atoms with van der Waals surface area (Å²) >= 11 is 0. The molecule has 0 atom stereocenters. The second-order valence-corrected chi connectivity index (χ2v) is 5.78. The first-order valence-corrected chi connectivity index (χ1v) is 7.78. The van der Waals surface area contributed by atoms with E-state index in [1.54, 1.807) is 16.9 Å². The summed E-state index contributed by atoms with van der Waals surface area (Å²) in [7, 11) is -3.63. The zero-order chi connectivity index (χ0) is 14.6. The highest BCUT2D eigenvalue weighted by Gasteiger charge is 2.15. The lowest BCUT2D eigenvalue weighted by atomic mass is 10.4. The van der Waals surface area contributed by atoms with Gasteiger partial charge in [0.2, 0.25) is 0 Å². The zero-order valence-corrected chi connectivity index (χ0v) is 12.2. The van der Waals surface area contributed by atoms with Crippen molar-refractivity contribution in [1.29, 1.82) is 0 Å². The lowest BCUT2D eigenvalue weighted by Gasteiger charge is -2.07. The molecule has 0 bridgehead atoms. The fourth-order valence-electron chi connectivity index (χ4n) is 1.63. The normalized spacial score (nSPS) is 11.3. The van der Waals surface area contributed by atoms with E-state index < -0.39 is 10.0 Å². The van der Waals surface area contributed by atoms with Gasteiger partial charge in [0.25, 0.3) is 10.0 Å². The molecule has 0 aromatic carbocycles. The third kappa shape index (κ3) is 3.27. The van der Waals surface area contributed by atoms with E-state index in [1.807, 2.05) is 13.8 Å². The average molecular weight is 295 g/mol. The van der Waals surface area contributed by atoms with E-state index in [4.69, 9.17) is 0 Å². The number of nitrogens with one attached hydrogen (secondary N) is 2. The molecule has 0 aliphatic rings. The summed E-state index contributed by atoms with van der Waals surface area (Å²) in [5.74, 6) is 0.644. The predicted octanol–water partition coefficient (Wildman–Crippen LogP) is 1.53. The molecule has 0 unspecified atom stereocenters. The van der Waals surface area contributed by atoms with Crippen molar-refractivity contribution >= 4 is 21.5 Å². The van der Waals surface area contributed by atoms with Crippen molar-refractivity contribution in [3.05, 3.63) is 30.7 Å². The lowest BCUT2D eigenvalue weighted by Crippen LogP contribution is -2.13. The first-order chi connectivity index (χ1) is 9.55. The van der Waals surface area contributed by atoms with Gasteiger partial charge in [-0.3, -0.25) is 9.40 Å². The number of anilines is 2. The largest absolute Gasteiger partial charge is 0.370 e. The quantitative estimate of drug-likeness (QED) is 0.843. The molecule has 7 nitrogen and oxygen atoms in total. The van der Waals surface area contributed by atoms with Crippen LogP contribution in [0.1, 0.15) is 13.8 Å². The van der Waals surface area contributed by atoms with E-state index in [-0.39, 0.29) is 4.90 Å². The van der Waals surface area contributed by atoms with Gasteiger partial charge in [0.1, 0.15) is 10.7 Å². The van der Waals surface area contributed by atoms with Crippen LogP contribution in [-0.2, 0) is 16.6 Å². The predicted molar refractivity (Wildman–Crippen MR) is 77.1 cm³/mol. The fraction of sp³-hybridized carbons (Fsp3) is 0.333. The van der Waals surface area contributed by atoms with Crippen molar-refractivity contribution in [2.24, 2.45) is 0 Å². The van der Waals surface area contributed by atoms with Crippen LogP contribution >= 0.6 is 0 Å². The maximum absolute atomic E-state index is 12.2. The van der Waals surface area contributed by atoms with Gasteiger partial charge in [-0.1, -0.05) is 0 Å². The Bertz CT molecular complexity index is 663. The fourth-order valence-corrected chi connectivity index (χ4v) is 2.60. The molecule has 0 aliphatic heterocycles. The number of sulfonamides is 1. The van der Waals surface area contributed by atoms with Gasteiger partial charge < -0.3 is 5.32 Å². The van der Waals surface area contributed by atoms with Gasteiger partial charge in [-0.2, -0.15) is 5.10 Å². The van der Waals surface area contributed by atoms with E-state index in [0.717, 1.165) is 6.54 Å². The number of aryl methyl sites for hydroxylation is 1. The van der Waals surface area contributed by atoms with Crippen LogP contribution in [0, 0.1) is 0 Å². The maximum Gasteiger partial charge on any atom is 0.263 e. The minimum Gasteiger partial charge on any atom is -0.370 e. The van der Waals surface area contributed by atoms with Crippen LogP contribution in [0.25, 0.3) is 0 Å². The van der Waals surface area contributed by atoms with Crippen molar-refractivity contribution in [2.45, 2.75) is 25.3 Å². The number of hydrogen-bond donors (Lipinski definition) is 2. The summed E-state index contributed by atoms with van der Waals surface area (Å²) in [5.41, 5.74) is 0.433. The number of hydrogen-bond acceptors (Lipinski definition) is 5. The van der Waals surface area contributed by atoms with Gasteiger partial charge in [0.15, 0.2) is 0 Å². The van der Waals surface area contributed by atoms with Gasteiger partial charge in [0.05, 0.1) is 11.9 Å². The monoisotopic (exact) mass is 295 g/mol. The highest BCUT2D eigenvalue weighted by Crippen LogP contribution is 2.15. The smallest absolute Gasteiger partial charge is 0.263 e. The standard InChI is InChI=1S/C12H17N5O2S/c1-3-13-12-6-5-11(8-14-12)20(18,19)16-10-7-15-17(4-2)9-10/h5-9,16H,3-4H2,1-2H3,(H,13,14). The third-order valence-corrected chi connectivity index (χ3v) is 3.98. The summed E-state index contributed by atoms with van der Waals surface area (Å²) in [6, 6.07) is 3.14. The van der Waals surface area contributed by atoms with E-state index in [1.165, 1.54) is 18.5 Å². The summed E-state index contributed by atoms with van der Waals surface area (Å²) < 4.78 is 28.4. The van der Waals surface area contributed by atoms with Crippen molar-refractivity contribution in [3.8, 4) is 0 Å². The van der Waals surface area contributed by atoms with Crippen LogP contribution in [0.4, 0.5) is 11.5 Å². The molecule has 2 heterocycles. The van der Waals surface area contributed by atoms with Crippen molar-refractivity contribution in [2.75, 3.05) is 16.6 Å². The number of pyridine rings is 1. The summed E-state index contributed by atoms with van der Waals surface area (Å²) in [6.07, 6.45) is 4.43. The summed E-state index contributed by atoms with van der Waals surface area (Å²) in [4.78, 5) is 4.16. The topological polar surface area (TPSA) is 88.9 Å². The Morgan fingerprint density at radius 3 is 2.60 bits per heavy atom. The number of nitrogens with zero attached hydrogens (tertiary/aromatic N) is 3. The Hall–Kier alpha value is -2.09. The van der Waals surface area contributed by atoms with E-state index >= 15 is 0 Å². The zero-order valence-electron chi connectivity index (χ0n) is 11.4. The molecule has 0 aliphatic carbocycles. The maximum atomic E-state index is 12.2. The Labute approximate surface area is 118 Å². The first kappa shape index (κ1) is 14.3. The number of rotatable bonds is 6. The van der Waals surface area contributed by atoms with Gasteiger partial charge in [-0.25, -0.2) is 13.4 Å². The molecule has 2 N–H and O–H groups in total. The molecule has 0 saturated heterocycles. The van der Waals surface area contributed by atoms with E-state index in [0.29, 0.717) is 18.1 Å². The van der Waals surface area contributed by atoms with Crippen LogP contribution in [-0.4, -0.2) is 29.7 Å². The molecule has 0 radical (unpaired) electrons. The average Bonchev–Trinajstić information content (AvgIpc) is 2.87. The van der Waals surface area contributed by atoms with Crippen LogP contribution in [0.3, 0.4) is 0 Å². The van der Waals surface area contributed by atoms with Crippen LogP contribution in [0.5, 0.6) is 0 Å². The van der Waals surface area contributed by atoms with Gasteiger partial charge in [-0.15, -0.1) is 0 Å². The van der Waals surface area contributed by atoms with Crippen LogP contribution in [0.2, 0.25) is 0 Å². The van der Waals surface area contributed by atoms with Crippen LogP contribution < -0.4 is 10.0 Å². The molecule has 0 amide bonds. The Kier molecular flexibility index (Phi) is 4.23. The first-order valence-electron chi connectivity index (χ1n) is 6.30. The minimum absolute atomic E-state index is 0.114. The molecular formula is C12H17N5O2S. The van der Waals surface area contributed by atoms with Gasteiger partial charge in [-0.05, 0) is 26.0 Å². The second-order valence-electron chi connectivity index (χ2n) is 4.10. The molecule has 0 spiro atoms. The van der Waals surface area contributed by atoms with Gasteiger partial charge >= 0.3 is 0 Å². The summed E-state index contributed by atoms with van der Waals surface area (Å²) in [6.45, 7) is 5.28. The molecule has 2 aromatic rings.